The van der Waals surface area contributed by atoms with Crippen molar-refractivity contribution in [3.05, 3.63) is 63.6 Å². The molecular formula is C23H25Cl2N3O3. The average molecular weight is 462 g/mol. The molecule has 0 aliphatic carbocycles. The third-order valence-corrected chi connectivity index (χ3v) is 6.19. The molecule has 2 saturated heterocycles. The van der Waals surface area contributed by atoms with Gasteiger partial charge in [0.1, 0.15) is 5.92 Å². The molecule has 4 rings (SSSR count). The van der Waals surface area contributed by atoms with E-state index in [1.807, 2.05) is 18.2 Å². The maximum absolute atomic E-state index is 12.9. The summed E-state index contributed by atoms with van der Waals surface area (Å²) in [6.07, 6.45) is 0.463. The maximum atomic E-state index is 12.9. The molecule has 0 unspecified atom stereocenters. The highest BCUT2D eigenvalue weighted by molar-refractivity contribution is 6.35. The van der Waals surface area contributed by atoms with Crippen molar-refractivity contribution in [1.82, 2.24) is 10.2 Å². The second-order valence-electron chi connectivity index (χ2n) is 7.83. The predicted octanol–water partition coefficient (Wildman–Crippen LogP) is 3.49. The summed E-state index contributed by atoms with van der Waals surface area (Å²) in [5.41, 5.74) is 2.86. The Hall–Kier alpha value is -2.12. The van der Waals surface area contributed by atoms with E-state index in [4.69, 9.17) is 27.9 Å². The van der Waals surface area contributed by atoms with Crippen LogP contribution in [0.15, 0.2) is 42.5 Å². The zero-order valence-electron chi connectivity index (χ0n) is 17.2. The summed E-state index contributed by atoms with van der Waals surface area (Å²) in [5.74, 6) is -1.18. The van der Waals surface area contributed by atoms with E-state index in [0.29, 0.717) is 35.2 Å². The molecule has 2 fully saturated rings. The SMILES string of the molecule is O=C(NCc1ccccc1CN1CCOCC1)[C@H]1CCN(c2cc(Cl)cc(Cl)c2)C1=O. The molecule has 1 N–H and O–H groups in total. The largest absolute Gasteiger partial charge is 0.379 e. The molecule has 2 aromatic rings. The Labute approximate surface area is 192 Å². The molecular weight excluding hydrogens is 437 g/mol. The number of ether oxygens (including phenoxy) is 1. The highest BCUT2D eigenvalue weighted by Crippen LogP contribution is 2.30. The zero-order valence-corrected chi connectivity index (χ0v) is 18.7. The van der Waals surface area contributed by atoms with Gasteiger partial charge in [0.15, 0.2) is 0 Å². The van der Waals surface area contributed by atoms with Crippen LogP contribution in [-0.4, -0.2) is 49.6 Å². The van der Waals surface area contributed by atoms with Gasteiger partial charge in [-0.3, -0.25) is 14.5 Å². The summed E-state index contributed by atoms with van der Waals surface area (Å²) in [7, 11) is 0. The van der Waals surface area contributed by atoms with Gasteiger partial charge in [-0.15, -0.1) is 0 Å². The average Bonchev–Trinajstić information content (AvgIpc) is 3.14. The highest BCUT2D eigenvalue weighted by atomic mass is 35.5. The number of benzene rings is 2. The summed E-state index contributed by atoms with van der Waals surface area (Å²) in [5, 5.41) is 3.88. The molecule has 8 heteroatoms. The Kier molecular flexibility index (Phi) is 7.13. The van der Waals surface area contributed by atoms with Crippen LogP contribution in [0.1, 0.15) is 17.5 Å². The zero-order chi connectivity index (χ0) is 21.8. The molecule has 6 nitrogen and oxygen atoms in total. The standard InChI is InChI=1S/C23H25Cl2N3O3/c24-18-11-19(25)13-20(12-18)28-6-5-21(23(28)30)22(29)26-14-16-3-1-2-4-17(16)15-27-7-9-31-10-8-27/h1-4,11-13,21H,5-10,14-15H2,(H,26,29)/t21-/m1/s1. The second kappa shape index (κ2) is 10.0. The number of anilines is 1. The molecule has 2 aliphatic rings. The quantitative estimate of drug-likeness (QED) is 0.668. The number of carbonyl (C=O) groups excluding carboxylic acids is 2. The van der Waals surface area contributed by atoms with Gasteiger partial charge in [0.2, 0.25) is 11.8 Å². The predicted molar refractivity (Wildman–Crippen MR) is 121 cm³/mol. The first-order valence-corrected chi connectivity index (χ1v) is 11.2. The van der Waals surface area contributed by atoms with Crippen LogP contribution in [-0.2, 0) is 27.4 Å². The van der Waals surface area contributed by atoms with Crippen molar-refractivity contribution in [1.29, 1.82) is 0 Å². The van der Waals surface area contributed by atoms with Crippen LogP contribution in [0.5, 0.6) is 0 Å². The molecule has 2 amide bonds. The summed E-state index contributed by atoms with van der Waals surface area (Å²) in [6, 6.07) is 13.1. The number of hydrogen-bond acceptors (Lipinski definition) is 4. The Balaban J connectivity index is 1.38. The minimum absolute atomic E-state index is 0.225. The van der Waals surface area contributed by atoms with Crippen molar-refractivity contribution in [2.45, 2.75) is 19.5 Å². The van der Waals surface area contributed by atoms with E-state index >= 15 is 0 Å². The smallest absolute Gasteiger partial charge is 0.239 e. The van der Waals surface area contributed by atoms with Crippen LogP contribution in [0.4, 0.5) is 5.69 Å². The van der Waals surface area contributed by atoms with Crippen LogP contribution < -0.4 is 10.2 Å². The molecule has 164 valence electrons. The van der Waals surface area contributed by atoms with Crippen molar-refractivity contribution in [2.75, 3.05) is 37.7 Å². The molecule has 2 aromatic carbocycles. The van der Waals surface area contributed by atoms with Gasteiger partial charge in [0.25, 0.3) is 0 Å². The molecule has 2 heterocycles. The first-order valence-electron chi connectivity index (χ1n) is 10.4. The third-order valence-electron chi connectivity index (χ3n) is 5.75. The Morgan fingerprint density at radius 1 is 1.03 bits per heavy atom. The lowest BCUT2D eigenvalue weighted by molar-refractivity contribution is -0.132. The van der Waals surface area contributed by atoms with Crippen molar-refractivity contribution in [3.8, 4) is 0 Å². The second-order valence-corrected chi connectivity index (χ2v) is 8.71. The van der Waals surface area contributed by atoms with E-state index in [-0.39, 0.29) is 11.8 Å². The Morgan fingerprint density at radius 3 is 2.42 bits per heavy atom. The summed E-state index contributed by atoms with van der Waals surface area (Å²) in [6.45, 7) is 4.98. The van der Waals surface area contributed by atoms with Crippen LogP contribution in [0.25, 0.3) is 0 Å². The number of carbonyl (C=O) groups is 2. The fraction of sp³-hybridized carbons (Fsp3) is 0.391. The van der Waals surface area contributed by atoms with Gasteiger partial charge in [-0.05, 0) is 35.7 Å². The molecule has 1 atom stereocenters. The van der Waals surface area contributed by atoms with Crippen molar-refractivity contribution >= 4 is 40.7 Å². The number of morpholine rings is 1. The van der Waals surface area contributed by atoms with E-state index in [1.165, 1.54) is 5.56 Å². The van der Waals surface area contributed by atoms with E-state index in [9.17, 15) is 9.59 Å². The van der Waals surface area contributed by atoms with Gasteiger partial charge in [-0.25, -0.2) is 0 Å². The molecule has 31 heavy (non-hydrogen) atoms. The minimum Gasteiger partial charge on any atom is -0.379 e. The monoisotopic (exact) mass is 461 g/mol. The van der Waals surface area contributed by atoms with Gasteiger partial charge in [0, 0.05) is 48.5 Å². The number of nitrogens with zero attached hydrogens (tertiary/aromatic N) is 2. The topological polar surface area (TPSA) is 61.9 Å². The van der Waals surface area contributed by atoms with E-state index in [2.05, 4.69) is 16.3 Å². The van der Waals surface area contributed by atoms with E-state index in [1.54, 1.807) is 23.1 Å². The maximum Gasteiger partial charge on any atom is 0.239 e. The molecule has 0 bridgehead atoms. The van der Waals surface area contributed by atoms with E-state index < -0.39 is 5.92 Å². The molecule has 0 spiro atoms. The molecule has 0 aromatic heterocycles. The first kappa shape index (κ1) is 22.1. The molecule has 0 saturated carbocycles. The first-order chi connectivity index (χ1) is 15.0. The Bertz CT molecular complexity index is 943. The number of nitrogens with one attached hydrogen (secondary N) is 1. The van der Waals surface area contributed by atoms with Crippen molar-refractivity contribution in [3.63, 3.8) is 0 Å². The van der Waals surface area contributed by atoms with Gasteiger partial charge in [-0.2, -0.15) is 0 Å². The fourth-order valence-corrected chi connectivity index (χ4v) is 4.58. The van der Waals surface area contributed by atoms with Crippen LogP contribution in [0, 0.1) is 5.92 Å². The normalized spacial score (nSPS) is 19.6. The summed E-state index contributed by atoms with van der Waals surface area (Å²) < 4.78 is 5.42. The van der Waals surface area contributed by atoms with Crippen LogP contribution in [0.3, 0.4) is 0 Å². The van der Waals surface area contributed by atoms with Crippen LogP contribution in [0.2, 0.25) is 10.0 Å². The summed E-state index contributed by atoms with van der Waals surface area (Å²) >= 11 is 12.1. The Morgan fingerprint density at radius 2 is 1.71 bits per heavy atom. The van der Waals surface area contributed by atoms with Gasteiger partial charge < -0.3 is 15.0 Å². The number of halogens is 2. The lowest BCUT2D eigenvalue weighted by Gasteiger charge is -2.27. The van der Waals surface area contributed by atoms with Gasteiger partial charge >= 0.3 is 0 Å². The van der Waals surface area contributed by atoms with Gasteiger partial charge in [-0.1, -0.05) is 47.5 Å². The van der Waals surface area contributed by atoms with Crippen molar-refractivity contribution < 1.29 is 14.3 Å². The highest BCUT2D eigenvalue weighted by Gasteiger charge is 2.37. The van der Waals surface area contributed by atoms with Crippen LogP contribution >= 0.6 is 23.2 Å². The summed E-state index contributed by atoms with van der Waals surface area (Å²) in [4.78, 5) is 29.6. The minimum atomic E-state index is -0.704. The van der Waals surface area contributed by atoms with E-state index in [0.717, 1.165) is 38.4 Å². The van der Waals surface area contributed by atoms with Gasteiger partial charge in [0.05, 0.1) is 13.2 Å². The number of hydrogen-bond donors (Lipinski definition) is 1. The lowest BCUT2D eigenvalue weighted by Crippen LogP contribution is -2.37. The fourth-order valence-electron chi connectivity index (χ4n) is 4.06. The lowest BCUT2D eigenvalue weighted by atomic mass is 10.0. The van der Waals surface area contributed by atoms with Crippen molar-refractivity contribution in [2.24, 2.45) is 5.92 Å². The number of amides is 2. The number of rotatable bonds is 6. The molecule has 0 radical (unpaired) electrons. The third kappa shape index (κ3) is 5.39. The molecule has 2 aliphatic heterocycles.